The highest BCUT2D eigenvalue weighted by molar-refractivity contribution is 5.53. The van der Waals surface area contributed by atoms with Crippen molar-refractivity contribution < 1.29 is 4.39 Å². The van der Waals surface area contributed by atoms with Gasteiger partial charge in [0.1, 0.15) is 11.6 Å². The van der Waals surface area contributed by atoms with Crippen molar-refractivity contribution in [1.29, 1.82) is 0 Å². The van der Waals surface area contributed by atoms with Gasteiger partial charge in [-0.25, -0.2) is 9.37 Å². The quantitative estimate of drug-likeness (QED) is 0.854. The summed E-state index contributed by atoms with van der Waals surface area (Å²) >= 11 is 0. The molecular weight excluding hydrogens is 217 g/mol. The lowest BCUT2D eigenvalue weighted by molar-refractivity contribution is 0.613. The molecule has 0 bridgehead atoms. The van der Waals surface area contributed by atoms with E-state index in [-0.39, 0.29) is 5.82 Å². The van der Waals surface area contributed by atoms with E-state index < -0.39 is 0 Å². The van der Waals surface area contributed by atoms with E-state index in [1.165, 1.54) is 6.07 Å². The highest BCUT2D eigenvalue weighted by Gasteiger charge is 2.02. The van der Waals surface area contributed by atoms with Gasteiger partial charge in [-0.1, -0.05) is 18.2 Å². The average Bonchev–Trinajstić information content (AvgIpc) is 2.32. The molecule has 3 nitrogen and oxygen atoms in total. The topological polar surface area (TPSA) is 50.9 Å². The summed E-state index contributed by atoms with van der Waals surface area (Å²) in [6, 6.07) is 8.39. The van der Waals surface area contributed by atoms with Gasteiger partial charge in [0.15, 0.2) is 0 Å². The summed E-state index contributed by atoms with van der Waals surface area (Å²) in [6.45, 7) is 2.28. The molecule has 17 heavy (non-hydrogen) atoms. The molecule has 0 radical (unpaired) electrons. The predicted molar refractivity (Wildman–Crippen MR) is 67.1 cm³/mol. The number of aromatic nitrogens is 1. The van der Waals surface area contributed by atoms with Gasteiger partial charge in [0, 0.05) is 30.1 Å². The maximum atomic E-state index is 13.4. The molecule has 0 saturated heterocycles. The number of benzene rings is 1. The van der Waals surface area contributed by atoms with Crippen LogP contribution < -0.4 is 11.1 Å². The summed E-state index contributed by atoms with van der Waals surface area (Å²) in [6.07, 6.45) is 1.69. The Bertz CT molecular complexity index is 526. The van der Waals surface area contributed by atoms with Gasteiger partial charge in [-0.05, 0) is 18.6 Å². The summed E-state index contributed by atoms with van der Waals surface area (Å²) in [5.41, 5.74) is 7.98. The molecule has 0 atom stereocenters. The van der Waals surface area contributed by atoms with Gasteiger partial charge >= 0.3 is 0 Å². The van der Waals surface area contributed by atoms with E-state index in [2.05, 4.69) is 10.3 Å². The summed E-state index contributed by atoms with van der Waals surface area (Å²) < 4.78 is 13.4. The SMILES string of the molecule is Cc1cnc(NCc2ccccc2F)cc1N. The molecule has 1 aromatic heterocycles. The maximum Gasteiger partial charge on any atom is 0.128 e. The first kappa shape index (κ1) is 11.4. The molecule has 1 aromatic carbocycles. The van der Waals surface area contributed by atoms with Crippen LogP contribution in [0.25, 0.3) is 0 Å². The van der Waals surface area contributed by atoms with E-state index in [4.69, 9.17) is 5.73 Å². The third-order valence-corrected chi connectivity index (χ3v) is 2.56. The monoisotopic (exact) mass is 231 g/mol. The highest BCUT2D eigenvalue weighted by Crippen LogP contribution is 2.15. The average molecular weight is 231 g/mol. The van der Waals surface area contributed by atoms with Crippen LogP contribution in [-0.4, -0.2) is 4.98 Å². The van der Waals surface area contributed by atoms with E-state index in [1.54, 1.807) is 30.5 Å². The first-order valence-electron chi connectivity index (χ1n) is 5.36. The normalized spacial score (nSPS) is 10.2. The van der Waals surface area contributed by atoms with Gasteiger partial charge in [0.05, 0.1) is 0 Å². The largest absolute Gasteiger partial charge is 0.398 e. The zero-order valence-corrected chi connectivity index (χ0v) is 9.57. The Balaban J connectivity index is 2.08. The van der Waals surface area contributed by atoms with Crippen LogP contribution in [0.15, 0.2) is 36.5 Å². The smallest absolute Gasteiger partial charge is 0.128 e. The molecule has 88 valence electrons. The number of hydrogen-bond donors (Lipinski definition) is 2. The Morgan fingerprint density at radius 3 is 2.82 bits per heavy atom. The fourth-order valence-electron chi connectivity index (χ4n) is 1.46. The molecule has 3 N–H and O–H groups in total. The predicted octanol–water partition coefficient (Wildman–Crippen LogP) is 2.72. The van der Waals surface area contributed by atoms with Crippen molar-refractivity contribution in [1.82, 2.24) is 4.98 Å². The third kappa shape index (κ3) is 2.72. The second kappa shape index (κ2) is 4.82. The molecule has 2 aromatic rings. The van der Waals surface area contributed by atoms with Crippen molar-refractivity contribution in [2.24, 2.45) is 0 Å². The van der Waals surface area contributed by atoms with E-state index in [1.807, 2.05) is 6.92 Å². The van der Waals surface area contributed by atoms with E-state index in [9.17, 15) is 4.39 Å². The summed E-state index contributed by atoms with van der Waals surface area (Å²) in [7, 11) is 0. The van der Waals surface area contributed by atoms with Gasteiger partial charge in [-0.2, -0.15) is 0 Å². The highest BCUT2D eigenvalue weighted by atomic mass is 19.1. The Morgan fingerprint density at radius 2 is 2.12 bits per heavy atom. The minimum absolute atomic E-state index is 0.222. The number of anilines is 2. The molecule has 4 heteroatoms. The van der Waals surface area contributed by atoms with Gasteiger partial charge in [0.25, 0.3) is 0 Å². The molecule has 0 aliphatic carbocycles. The molecule has 0 spiro atoms. The minimum atomic E-state index is -0.222. The van der Waals surface area contributed by atoms with Gasteiger partial charge in [-0.3, -0.25) is 0 Å². The zero-order valence-electron chi connectivity index (χ0n) is 9.57. The lowest BCUT2D eigenvalue weighted by Gasteiger charge is -2.08. The third-order valence-electron chi connectivity index (χ3n) is 2.56. The van der Waals surface area contributed by atoms with Crippen molar-refractivity contribution in [3.05, 3.63) is 53.5 Å². The molecule has 0 saturated carbocycles. The van der Waals surface area contributed by atoms with Gasteiger partial charge in [0.2, 0.25) is 0 Å². The van der Waals surface area contributed by atoms with Crippen LogP contribution >= 0.6 is 0 Å². The Labute approximate surface area is 99.5 Å². The lowest BCUT2D eigenvalue weighted by atomic mass is 10.2. The first-order valence-corrected chi connectivity index (χ1v) is 5.36. The second-order valence-corrected chi connectivity index (χ2v) is 3.87. The number of pyridine rings is 1. The zero-order chi connectivity index (χ0) is 12.3. The van der Waals surface area contributed by atoms with E-state index >= 15 is 0 Å². The van der Waals surface area contributed by atoms with Gasteiger partial charge in [-0.15, -0.1) is 0 Å². The molecule has 0 amide bonds. The van der Waals surface area contributed by atoms with Crippen LogP contribution in [0, 0.1) is 12.7 Å². The summed E-state index contributed by atoms with van der Waals surface area (Å²) in [5, 5.41) is 3.04. The standard InChI is InChI=1S/C13H14FN3/c1-9-7-16-13(6-12(9)15)17-8-10-4-2-3-5-11(10)14/h2-7H,8H2,1H3,(H3,15,16,17). The molecular formula is C13H14FN3. The number of nitrogens with two attached hydrogens (primary N) is 1. The number of hydrogen-bond acceptors (Lipinski definition) is 3. The summed E-state index contributed by atoms with van der Waals surface area (Å²) in [4.78, 5) is 4.17. The maximum absolute atomic E-state index is 13.4. The van der Waals surface area contributed by atoms with E-state index in [0.29, 0.717) is 23.6 Å². The number of nitrogen functional groups attached to an aromatic ring is 1. The molecule has 0 aliphatic heterocycles. The van der Waals surface area contributed by atoms with Crippen LogP contribution in [0.1, 0.15) is 11.1 Å². The number of aryl methyl sites for hydroxylation is 1. The number of nitrogens with one attached hydrogen (secondary N) is 1. The number of halogens is 1. The molecule has 0 aliphatic rings. The molecule has 0 unspecified atom stereocenters. The van der Waals surface area contributed by atoms with Crippen molar-refractivity contribution in [3.63, 3.8) is 0 Å². The van der Waals surface area contributed by atoms with Crippen LogP contribution in [-0.2, 0) is 6.54 Å². The Hall–Kier alpha value is -2.10. The van der Waals surface area contributed by atoms with Crippen molar-refractivity contribution in [2.45, 2.75) is 13.5 Å². The van der Waals surface area contributed by atoms with E-state index in [0.717, 1.165) is 5.56 Å². The fraction of sp³-hybridized carbons (Fsp3) is 0.154. The van der Waals surface area contributed by atoms with Crippen LogP contribution in [0.2, 0.25) is 0 Å². The van der Waals surface area contributed by atoms with Crippen molar-refractivity contribution in [3.8, 4) is 0 Å². The Morgan fingerprint density at radius 1 is 1.35 bits per heavy atom. The van der Waals surface area contributed by atoms with Crippen molar-refractivity contribution >= 4 is 11.5 Å². The number of nitrogens with zero attached hydrogens (tertiary/aromatic N) is 1. The van der Waals surface area contributed by atoms with Crippen LogP contribution in [0.5, 0.6) is 0 Å². The number of rotatable bonds is 3. The second-order valence-electron chi connectivity index (χ2n) is 3.87. The lowest BCUT2D eigenvalue weighted by Crippen LogP contribution is -2.04. The Kier molecular flexibility index (Phi) is 3.23. The minimum Gasteiger partial charge on any atom is -0.398 e. The van der Waals surface area contributed by atoms with Crippen LogP contribution in [0.3, 0.4) is 0 Å². The van der Waals surface area contributed by atoms with Gasteiger partial charge < -0.3 is 11.1 Å². The fourth-order valence-corrected chi connectivity index (χ4v) is 1.46. The summed E-state index contributed by atoms with van der Waals surface area (Å²) in [5.74, 6) is 0.427. The first-order chi connectivity index (χ1) is 8.16. The van der Waals surface area contributed by atoms with Crippen LogP contribution in [0.4, 0.5) is 15.9 Å². The molecule has 1 heterocycles. The van der Waals surface area contributed by atoms with Crippen molar-refractivity contribution in [2.75, 3.05) is 11.1 Å². The molecule has 2 rings (SSSR count). The molecule has 0 fully saturated rings.